The van der Waals surface area contributed by atoms with Gasteiger partial charge in [-0.1, -0.05) is 18.2 Å². The highest BCUT2D eigenvalue weighted by atomic mass is 35.5. The van der Waals surface area contributed by atoms with E-state index in [0.29, 0.717) is 0 Å². The number of fused-ring (bicyclic) bond motifs is 3. The topological polar surface area (TPSA) is 29.8 Å². The lowest BCUT2D eigenvalue weighted by Crippen LogP contribution is -2.37. The lowest BCUT2D eigenvalue weighted by molar-refractivity contribution is 0.0385. The second kappa shape index (κ2) is 8.37. The van der Waals surface area contributed by atoms with Crippen LogP contribution in [0.2, 0.25) is 0 Å². The fourth-order valence-corrected chi connectivity index (χ4v) is 3.71. The molecule has 3 aromatic rings. The predicted octanol–water partition coefficient (Wildman–Crippen LogP) is 3.82. The van der Waals surface area contributed by atoms with Gasteiger partial charge >= 0.3 is 0 Å². The summed E-state index contributed by atoms with van der Waals surface area (Å²) in [6, 6.07) is 8.70. The van der Waals surface area contributed by atoms with Crippen molar-refractivity contribution in [2.24, 2.45) is 0 Å². The van der Waals surface area contributed by atoms with Gasteiger partial charge in [-0.2, -0.15) is 0 Å². The summed E-state index contributed by atoms with van der Waals surface area (Å²) in [5.74, 6) is 1.06. The Bertz CT molecular complexity index is 857. The molecule has 1 aliphatic heterocycles. The van der Waals surface area contributed by atoms with Gasteiger partial charge in [-0.05, 0) is 37.5 Å². The van der Waals surface area contributed by atoms with E-state index < -0.39 is 0 Å². The summed E-state index contributed by atoms with van der Waals surface area (Å²) in [4.78, 5) is 7.06. The van der Waals surface area contributed by atoms with E-state index in [1.54, 1.807) is 0 Å². The van der Waals surface area contributed by atoms with E-state index in [1.165, 1.54) is 27.5 Å². The third-order valence-electron chi connectivity index (χ3n) is 4.90. The average molecular weight is 382 g/mol. The number of para-hydroxylation sites is 1. The van der Waals surface area contributed by atoms with Gasteiger partial charge in [-0.25, -0.2) is 4.98 Å². The minimum atomic E-state index is 0. The molecule has 0 bridgehead atoms. The van der Waals surface area contributed by atoms with Crippen LogP contribution in [0.15, 0.2) is 30.5 Å². The van der Waals surface area contributed by atoms with Crippen LogP contribution in [0.3, 0.4) is 0 Å². The Morgan fingerprint density at radius 2 is 1.80 bits per heavy atom. The summed E-state index contributed by atoms with van der Waals surface area (Å²) < 4.78 is 7.78. The number of hydrogen-bond acceptors (Lipinski definition) is 3. The van der Waals surface area contributed by atoms with Crippen molar-refractivity contribution in [3.05, 3.63) is 47.4 Å². The maximum Gasteiger partial charge on any atom is 0.110 e. The van der Waals surface area contributed by atoms with Crippen molar-refractivity contribution in [3.63, 3.8) is 0 Å². The number of morpholine rings is 1. The van der Waals surface area contributed by atoms with Crippen LogP contribution in [0.4, 0.5) is 0 Å². The first kappa shape index (κ1) is 20.0. The van der Waals surface area contributed by atoms with Crippen molar-refractivity contribution in [2.75, 3.05) is 32.8 Å². The first-order valence-electron chi connectivity index (χ1n) is 8.40. The predicted molar refractivity (Wildman–Crippen MR) is 108 cm³/mol. The number of aryl methyl sites for hydroxylation is 2. The van der Waals surface area contributed by atoms with E-state index in [4.69, 9.17) is 4.74 Å². The normalized spacial score (nSPS) is 15.1. The summed E-state index contributed by atoms with van der Waals surface area (Å²) in [6.07, 6.45) is 3.07. The lowest BCUT2D eigenvalue weighted by Gasteiger charge is -2.26. The van der Waals surface area contributed by atoms with Gasteiger partial charge in [0.25, 0.3) is 0 Å². The van der Waals surface area contributed by atoms with Crippen LogP contribution in [-0.4, -0.2) is 47.1 Å². The SMILES string of the molecule is Cc1cnc(C)n2c1c(CCN1CCOCC1)c1ccccc12.Cl.Cl. The summed E-state index contributed by atoms with van der Waals surface area (Å²) >= 11 is 0. The summed E-state index contributed by atoms with van der Waals surface area (Å²) in [5, 5.41) is 1.36. The van der Waals surface area contributed by atoms with Gasteiger partial charge in [-0.15, -0.1) is 24.8 Å². The molecule has 6 heteroatoms. The Labute approximate surface area is 161 Å². The molecule has 3 heterocycles. The van der Waals surface area contributed by atoms with E-state index in [9.17, 15) is 0 Å². The van der Waals surface area contributed by atoms with Crippen LogP contribution >= 0.6 is 24.8 Å². The van der Waals surface area contributed by atoms with Crippen molar-refractivity contribution in [1.82, 2.24) is 14.3 Å². The number of hydrogen-bond donors (Lipinski definition) is 0. The van der Waals surface area contributed by atoms with E-state index in [2.05, 4.69) is 52.4 Å². The molecule has 0 aliphatic carbocycles. The Morgan fingerprint density at radius 3 is 2.56 bits per heavy atom. The highest BCUT2D eigenvalue weighted by Gasteiger charge is 2.17. The molecule has 0 atom stereocenters. The second-order valence-corrected chi connectivity index (χ2v) is 6.37. The molecule has 1 saturated heterocycles. The summed E-state index contributed by atoms with van der Waals surface area (Å²) in [6.45, 7) is 9.16. The van der Waals surface area contributed by atoms with Crippen molar-refractivity contribution in [1.29, 1.82) is 0 Å². The third-order valence-corrected chi connectivity index (χ3v) is 4.90. The van der Waals surface area contributed by atoms with Crippen LogP contribution in [0, 0.1) is 13.8 Å². The Balaban J connectivity index is 0.00000113. The molecule has 0 unspecified atom stereocenters. The molecule has 1 aliphatic rings. The first-order chi connectivity index (χ1) is 11.3. The van der Waals surface area contributed by atoms with Crippen LogP contribution in [0.5, 0.6) is 0 Å². The Kier molecular flexibility index (Phi) is 6.69. The van der Waals surface area contributed by atoms with E-state index in [0.717, 1.165) is 45.1 Å². The largest absolute Gasteiger partial charge is 0.379 e. The van der Waals surface area contributed by atoms with E-state index in [-0.39, 0.29) is 24.8 Å². The zero-order valence-corrected chi connectivity index (χ0v) is 16.3. The van der Waals surface area contributed by atoms with Gasteiger partial charge in [0.1, 0.15) is 5.82 Å². The highest BCUT2D eigenvalue weighted by molar-refractivity contribution is 5.93. The van der Waals surface area contributed by atoms with Crippen LogP contribution < -0.4 is 0 Å². The summed E-state index contributed by atoms with van der Waals surface area (Å²) in [5.41, 5.74) is 5.32. The number of aromatic nitrogens is 2. The molecule has 4 nitrogen and oxygen atoms in total. The molecule has 1 aromatic carbocycles. The molecule has 0 spiro atoms. The van der Waals surface area contributed by atoms with Gasteiger partial charge < -0.3 is 4.74 Å². The van der Waals surface area contributed by atoms with Gasteiger partial charge in [-0.3, -0.25) is 9.30 Å². The Hall–Kier alpha value is -1.33. The zero-order valence-electron chi connectivity index (χ0n) is 14.7. The van der Waals surface area contributed by atoms with E-state index >= 15 is 0 Å². The minimum absolute atomic E-state index is 0. The molecule has 0 radical (unpaired) electrons. The number of benzene rings is 1. The molecule has 0 N–H and O–H groups in total. The maximum absolute atomic E-state index is 5.46. The van der Waals surface area contributed by atoms with Gasteiger partial charge in [0.2, 0.25) is 0 Å². The molecule has 1 fully saturated rings. The second-order valence-electron chi connectivity index (χ2n) is 6.37. The van der Waals surface area contributed by atoms with Gasteiger partial charge in [0.05, 0.1) is 24.2 Å². The number of rotatable bonds is 3. The van der Waals surface area contributed by atoms with Crippen molar-refractivity contribution < 1.29 is 4.74 Å². The molecule has 0 saturated carbocycles. The number of nitrogens with zero attached hydrogens (tertiary/aromatic N) is 3. The van der Waals surface area contributed by atoms with Crippen LogP contribution in [0.25, 0.3) is 16.4 Å². The molecule has 2 aromatic heterocycles. The molecular formula is C19H25Cl2N3O. The average Bonchev–Trinajstić information content (AvgIpc) is 2.93. The molecule has 4 rings (SSSR count). The smallest absolute Gasteiger partial charge is 0.110 e. The first-order valence-corrected chi connectivity index (χ1v) is 8.40. The maximum atomic E-state index is 5.46. The fraction of sp³-hybridized carbons (Fsp3) is 0.421. The van der Waals surface area contributed by atoms with Gasteiger partial charge in [0.15, 0.2) is 0 Å². The molecule has 0 amide bonds. The monoisotopic (exact) mass is 381 g/mol. The van der Waals surface area contributed by atoms with Gasteiger partial charge in [0, 0.05) is 31.2 Å². The third kappa shape index (κ3) is 3.63. The van der Waals surface area contributed by atoms with E-state index in [1.807, 2.05) is 6.20 Å². The summed E-state index contributed by atoms with van der Waals surface area (Å²) in [7, 11) is 0. The zero-order chi connectivity index (χ0) is 15.8. The number of halogens is 2. The fourth-order valence-electron chi connectivity index (χ4n) is 3.71. The molecule has 136 valence electrons. The van der Waals surface area contributed by atoms with Crippen LogP contribution in [0.1, 0.15) is 17.0 Å². The molecular weight excluding hydrogens is 357 g/mol. The minimum Gasteiger partial charge on any atom is -0.379 e. The highest BCUT2D eigenvalue weighted by Crippen LogP contribution is 2.30. The van der Waals surface area contributed by atoms with Crippen molar-refractivity contribution >= 4 is 41.2 Å². The van der Waals surface area contributed by atoms with Crippen LogP contribution in [-0.2, 0) is 11.2 Å². The standard InChI is InChI=1S/C19H23N3O.2ClH/c1-14-13-20-15(2)22-18-6-4-3-5-16(18)17(19(14)22)7-8-21-9-11-23-12-10-21;;/h3-6,13H,7-12H2,1-2H3;2*1H. The molecule has 25 heavy (non-hydrogen) atoms. The number of ether oxygens (including phenoxy) is 1. The van der Waals surface area contributed by atoms with Crippen molar-refractivity contribution in [3.8, 4) is 0 Å². The van der Waals surface area contributed by atoms with Crippen molar-refractivity contribution in [2.45, 2.75) is 20.3 Å². The Morgan fingerprint density at radius 1 is 1.08 bits per heavy atom. The quantitative estimate of drug-likeness (QED) is 0.690. The lowest BCUT2D eigenvalue weighted by atomic mass is 10.1.